The van der Waals surface area contributed by atoms with Gasteiger partial charge in [-0.3, -0.25) is 4.79 Å². The van der Waals surface area contributed by atoms with Crippen LogP contribution in [-0.4, -0.2) is 66.1 Å². The highest BCUT2D eigenvalue weighted by Gasteiger charge is 2.29. The molecule has 0 aromatic heterocycles. The number of carbonyl (C=O) groups excluding carboxylic acids is 1. The van der Waals surface area contributed by atoms with Gasteiger partial charge in [0.2, 0.25) is 20.0 Å². The average Bonchev–Trinajstić information content (AvgIpc) is 2.80. The number of ether oxygens (including phenoxy) is 2. The van der Waals surface area contributed by atoms with Crippen molar-refractivity contribution < 1.29 is 31.1 Å². The molecular weight excluding hydrogens is 456 g/mol. The van der Waals surface area contributed by atoms with Crippen molar-refractivity contribution in [1.82, 2.24) is 9.03 Å². The van der Waals surface area contributed by atoms with Crippen LogP contribution in [-0.2, 0) is 40.7 Å². The van der Waals surface area contributed by atoms with Crippen LogP contribution in [0.5, 0.6) is 0 Å². The minimum absolute atomic E-state index is 0.00965. The van der Waals surface area contributed by atoms with Crippen molar-refractivity contribution in [2.24, 2.45) is 0 Å². The number of rotatable bonds is 9. The number of benzene rings is 2. The normalized spacial score (nSPS) is 16.4. The second-order valence-corrected chi connectivity index (χ2v) is 10.8. The first-order valence-electron chi connectivity index (χ1n) is 10.1. The zero-order valence-corrected chi connectivity index (χ0v) is 19.3. The summed E-state index contributed by atoms with van der Waals surface area (Å²) in [5.74, 6) is -0.688. The Morgan fingerprint density at radius 3 is 2.19 bits per heavy atom. The predicted molar refractivity (Wildman–Crippen MR) is 117 cm³/mol. The summed E-state index contributed by atoms with van der Waals surface area (Å²) in [6.07, 6.45) is 0.113. The second kappa shape index (κ2) is 10.5. The molecule has 1 fully saturated rings. The van der Waals surface area contributed by atoms with Gasteiger partial charge in [-0.05, 0) is 43.2 Å². The fourth-order valence-corrected chi connectivity index (χ4v) is 5.84. The van der Waals surface area contributed by atoms with E-state index in [0.29, 0.717) is 13.2 Å². The van der Waals surface area contributed by atoms with Crippen LogP contribution in [0.4, 0.5) is 0 Å². The number of hydrogen-bond acceptors (Lipinski definition) is 7. The quantitative estimate of drug-likeness (QED) is 0.533. The Kier molecular flexibility index (Phi) is 8.01. The van der Waals surface area contributed by atoms with Crippen LogP contribution in [0.15, 0.2) is 64.4 Å². The van der Waals surface area contributed by atoms with Crippen molar-refractivity contribution in [2.75, 3.05) is 32.9 Å². The highest BCUT2D eigenvalue weighted by molar-refractivity contribution is 7.89. The summed E-state index contributed by atoms with van der Waals surface area (Å²) in [6, 6.07) is 12.8. The van der Waals surface area contributed by atoms with E-state index in [0.717, 1.165) is 5.56 Å². The lowest BCUT2D eigenvalue weighted by Gasteiger charge is -2.26. The summed E-state index contributed by atoms with van der Waals surface area (Å²) in [7, 11) is -7.85. The molecule has 174 valence electrons. The first kappa shape index (κ1) is 24.3. The lowest BCUT2D eigenvalue weighted by Crippen LogP contribution is -2.43. The van der Waals surface area contributed by atoms with Gasteiger partial charge >= 0.3 is 5.97 Å². The molecule has 0 spiro atoms. The Bertz CT molecular complexity index is 1110. The van der Waals surface area contributed by atoms with Gasteiger partial charge in [-0.2, -0.15) is 9.03 Å². The van der Waals surface area contributed by atoms with Gasteiger partial charge in [0.15, 0.2) is 0 Å². The molecule has 9 nitrogen and oxygen atoms in total. The maximum Gasteiger partial charge on any atom is 0.324 e. The standard InChI is InChI=1S/C21H26N2O7S2/c1-2-30-21(24)20(16-17-6-4-3-5-7-17)22-31(25,26)18-8-10-19(11-9-18)32(27,28)23-12-14-29-15-13-23/h3-11,20,22H,2,12-16H2,1H3. The first-order valence-corrected chi connectivity index (χ1v) is 13.1. The zero-order valence-electron chi connectivity index (χ0n) is 17.6. The van der Waals surface area contributed by atoms with Crippen LogP contribution in [0.25, 0.3) is 0 Å². The molecule has 1 atom stereocenters. The summed E-state index contributed by atoms with van der Waals surface area (Å²) < 4.78 is 65.2. The summed E-state index contributed by atoms with van der Waals surface area (Å²) in [6.45, 7) is 2.85. The van der Waals surface area contributed by atoms with Crippen molar-refractivity contribution in [3.8, 4) is 0 Å². The fraction of sp³-hybridized carbons (Fsp3) is 0.381. The Morgan fingerprint density at radius 1 is 1.00 bits per heavy atom. The summed E-state index contributed by atoms with van der Waals surface area (Å²) >= 11 is 0. The van der Waals surface area contributed by atoms with Crippen LogP contribution in [0.1, 0.15) is 12.5 Å². The topological polar surface area (TPSA) is 119 Å². The Hall–Kier alpha value is -2.31. The third kappa shape index (κ3) is 5.93. The first-order chi connectivity index (χ1) is 15.2. The van der Waals surface area contributed by atoms with Crippen molar-refractivity contribution in [3.63, 3.8) is 0 Å². The summed E-state index contributed by atoms with van der Waals surface area (Å²) in [5.41, 5.74) is 0.764. The molecule has 1 aliphatic heterocycles. The molecule has 1 heterocycles. The minimum atomic E-state index is -4.11. The molecule has 32 heavy (non-hydrogen) atoms. The number of morpholine rings is 1. The molecule has 0 radical (unpaired) electrons. The Labute approximate surface area is 188 Å². The van der Waals surface area contributed by atoms with Gasteiger partial charge in [0.25, 0.3) is 0 Å². The SMILES string of the molecule is CCOC(=O)C(Cc1ccccc1)NS(=O)(=O)c1ccc(S(=O)(=O)N2CCOCC2)cc1. The lowest BCUT2D eigenvalue weighted by atomic mass is 10.1. The third-order valence-corrected chi connectivity index (χ3v) is 8.29. The van der Waals surface area contributed by atoms with Crippen molar-refractivity contribution in [1.29, 1.82) is 0 Å². The zero-order chi connectivity index (χ0) is 23.2. The van der Waals surface area contributed by atoms with Gasteiger partial charge < -0.3 is 9.47 Å². The molecule has 11 heteroatoms. The molecule has 1 aliphatic rings. The Balaban J connectivity index is 1.79. The molecule has 0 saturated carbocycles. The second-order valence-electron chi connectivity index (χ2n) is 7.10. The molecule has 2 aromatic rings. The monoisotopic (exact) mass is 482 g/mol. The van der Waals surface area contributed by atoms with Gasteiger partial charge in [-0.15, -0.1) is 0 Å². The fourth-order valence-electron chi connectivity index (χ4n) is 3.25. The molecule has 0 amide bonds. The van der Waals surface area contributed by atoms with E-state index in [2.05, 4.69) is 4.72 Å². The maximum absolute atomic E-state index is 12.9. The predicted octanol–water partition coefficient (Wildman–Crippen LogP) is 1.16. The summed E-state index contributed by atoms with van der Waals surface area (Å²) in [4.78, 5) is 12.2. The minimum Gasteiger partial charge on any atom is -0.465 e. The van der Waals surface area contributed by atoms with E-state index in [1.807, 2.05) is 6.07 Å². The Morgan fingerprint density at radius 2 is 1.59 bits per heavy atom. The van der Waals surface area contributed by atoms with E-state index in [9.17, 15) is 21.6 Å². The number of nitrogens with zero attached hydrogens (tertiary/aromatic N) is 1. The van der Waals surface area contributed by atoms with Crippen molar-refractivity contribution >= 4 is 26.0 Å². The van der Waals surface area contributed by atoms with Gasteiger partial charge in [0, 0.05) is 13.1 Å². The molecular formula is C21H26N2O7S2. The van der Waals surface area contributed by atoms with Crippen LogP contribution in [0, 0.1) is 0 Å². The van der Waals surface area contributed by atoms with E-state index < -0.39 is 32.1 Å². The van der Waals surface area contributed by atoms with E-state index in [-0.39, 0.29) is 35.9 Å². The lowest BCUT2D eigenvalue weighted by molar-refractivity contribution is -0.145. The smallest absolute Gasteiger partial charge is 0.324 e. The number of hydrogen-bond donors (Lipinski definition) is 1. The number of carbonyl (C=O) groups is 1. The number of esters is 1. The maximum atomic E-state index is 12.9. The third-order valence-electron chi connectivity index (χ3n) is 4.89. The molecule has 1 N–H and O–H groups in total. The molecule has 1 saturated heterocycles. The van der Waals surface area contributed by atoms with Crippen molar-refractivity contribution in [2.45, 2.75) is 29.2 Å². The highest BCUT2D eigenvalue weighted by atomic mass is 32.2. The summed E-state index contributed by atoms with van der Waals surface area (Å²) in [5, 5.41) is 0. The molecule has 2 aromatic carbocycles. The van der Waals surface area contributed by atoms with Crippen LogP contribution >= 0.6 is 0 Å². The van der Waals surface area contributed by atoms with E-state index in [4.69, 9.17) is 9.47 Å². The average molecular weight is 483 g/mol. The molecule has 0 aliphatic carbocycles. The number of nitrogens with one attached hydrogen (secondary N) is 1. The van der Waals surface area contributed by atoms with Crippen molar-refractivity contribution in [3.05, 3.63) is 60.2 Å². The van der Waals surface area contributed by atoms with E-state index in [1.165, 1.54) is 28.6 Å². The molecule has 0 bridgehead atoms. The van der Waals surface area contributed by atoms with Gasteiger partial charge in [0.05, 0.1) is 29.6 Å². The van der Waals surface area contributed by atoms with E-state index >= 15 is 0 Å². The molecule has 1 unspecified atom stereocenters. The van der Waals surface area contributed by atoms with Gasteiger partial charge in [-0.1, -0.05) is 30.3 Å². The highest BCUT2D eigenvalue weighted by Crippen LogP contribution is 2.20. The number of sulfonamides is 2. The van der Waals surface area contributed by atoms with E-state index in [1.54, 1.807) is 31.2 Å². The largest absolute Gasteiger partial charge is 0.465 e. The van der Waals surface area contributed by atoms with Crippen LogP contribution < -0.4 is 4.72 Å². The van der Waals surface area contributed by atoms with Crippen LogP contribution in [0.3, 0.4) is 0 Å². The molecule has 3 rings (SSSR count). The van der Waals surface area contributed by atoms with Gasteiger partial charge in [0.1, 0.15) is 6.04 Å². The van der Waals surface area contributed by atoms with Gasteiger partial charge in [-0.25, -0.2) is 16.8 Å². The van der Waals surface area contributed by atoms with Crippen LogP contribution in [0.2, 0.25) is 0 Å².